The average molecular weight is 294 g/mol. The standard InChI is InChI=1S/C15H13F3N2O/c16-15(17,18)14(11-5-2-1-3-6-11)20(10-21)13-8-4-7-12(19)9-13/h1-10,14H,19H2. The molecule has 2 rings (SSSR count). The number of halogens is 3. The highest BCUT2D eigenvalue weighted by atomic mass is 19.4. The summed E-state index contributed by atoms with van der Waals surface area (Å²) >= 11 is 0. The Balaban J connectivity index is 2.51. The minimum atomic E-state index is -4.60. The number of hydrogen-bond acceptors (Lipinski definition) is 2. The van der Waals surface area contributed by atoms with Crippen molar-refractivity contribution >= 4 is 17.8 Å². The van der Waals surface area contributed by atoms with Crippen molar-refractivity contribution in [3.63, 3.8) is 0 Å². The maximum Gasteiger partial charge on any atom is 0.413 e. The van der Waals surface area contributed by atoms with Crippen LogP contribution in [0.3, 0.4) is 0 Å². The van der Waals surface area contributed by atoms with Crippen molar-refractivity contribution in [2.75, 3.05) is 10.6 Å². The first-order valence-corrected chi connectivity index (χ1v) is 6.14. The number of rotatable bonds is 4. The van der Waals surface area contributed by atoms with Crippen molar-refractivity contribution in [3.05, 3.63) is 60.2 Å². The Kier molecular flexibility index (Phi) is 4.16. The molecule has 2 aromatic rings. The molecule has 0 spiro atoms. The number of nitrogen functional groups attached to an aromatic ring is 1. The fourth-order valence-corrected chi connectivity index (χ4v) is 2.10. The van der Waals surface area contributed by atoms with E-state index in [-0.39, 0.29) is 23.3 Å². The number of nitrogens with two attached hydrogens (primary N) is 1. The number of alkyl halides is 3. The van der Waals surface area contributed by atoms with Crippen LogP contribution in [0.15, 0.2) is 54.6 Å². The average Bonchev–Trinajstić information content (AvgIpc) is 2.44. The highest BCUT2D eigenvalue weighted by Crippen LogP contribution is 2.39. The molecule has 0 heterocycles. The summed E-state index contributed by atoms with van der Waals surface area (Å²) in [5, 5.41) is 0. The topological polar surface area (TPSA) is 46.3 Å². The lowest BCUT2D eigenvalue weighted by Gasteiger charge is -2.30. The molecule has 1 amide bonds. The van der Waals surface area contributed by atoms with Crippen molar-refractivity contribution in [1.29, 1.82) is 0 Å². The third-order valence-electron chi connectivity index (χ3n) is 2.99. The molecule has 0 saturated carbocycles. The molecule has 110 valence electrons. The van der Waals surface area contributed by atoms with E-state index in [1.807, 2.05) is 0 Å². The van der Waals surface area contributed by atoms with Gasteiger partial charge in [0, 0.05) is 11.4 Å². The molecule has 6 heteroatoms. The summed E-state index contributed by atoms with van der Waals surface area (Å²) in [5.74, 6) is 0. The summed E-state index contributed by atoms with van der Waals surface area (Å²) in [4.78, 5) is 11.9. The number of anilines is 2. The molecule has 0 bridgehead atoms. The molecule has 0 aliphatic rings. The number of amides is 1. The van der Waals surface area contributed by atoms with Crippen LogP contribution in [0.5, 0.6) is 0 Å². The first kappa shape index (κ1) is 14.9. The summed E-state index contributed by atoms with van der Waals surface area (Å²) in [5.41, 5.74) is 5.94. The number of hydrogen-bond donors (Lipinski definition) is 1. The molecule has 0 aliphatic heterocycles. The van der Waals surface area contributed by atoms with Crippen LogP contribution in [0.1, 0.15) is 11.6 Å². The van der Waals surface area contributed by atoms with Crippen LogP contribution < -0.4 is 10.6 Å². The second-order valence-corrected chi connectivity index (χ2v) is 4.46. The van der Waals surface area contributed by atoms with Crippen molar-refractivity contribution in [2.24, 2.45) is 0 Å². The van der Waals surface area contributed by atoms with Crippen molar-refractivity contribution in [1.82, 2.24) is 0 Å². The Morgan fingerprint density at radius 3 is 2.24 bits per heavy atom. The molecule has 1 unspecified atom stereocenters. The van der Waals surface area contributed by atoms with Crippen molar-refractivity contribution < 1.29 is 18.0 Å². The van der Waals surface area contributed by atoms with Gasteiger partial charge in [0.25, 0.3) is 0 Å². The highest BCUT2D eigenvalue weighted by molar-refractivity contribution is 5.78. The van der Waals surface area contributed by atoms with Gasteiger partial charge in [0.2, 0.25) is 6.41 Å². The molecule has 2 N–H and O–H groups in total. The predicted octanol–water partition coefficient (Wildman–Crippen LogP) is 3.54. The van der Waals surface area contributed by atoms with Crippen molar-refractivity contribution in [2.45, 2.75) is 12.2 Å². The van der Waals surface area contributed by atoms with Crippen LogP contribution in [0, 0.1) is 0 Å². The number of benzene rings is 2. The van der Waals surface area contributed by atoms with Gasteiger partial charge < -0.3 is 5.73 Å². The Morgan fingerprint density at radius 1 is 1.05 bits per heavy atom. The van der Waals surface area contributed by atoms with Crippen LogP contribution in [0.4, 0.5) is 24.5 Å². The summed E-state index contributed by atoms with van der Waals surface area (Å²) in [7, 11) is 0. The number of nitrogens with zero attached hydrogens (tertiary/aromatic N) is 1. The van der Waals surface area contributed by atoms with Gasteiger partial charge in [0.05, 0.1) is 0 Å². The van der Waals surface area contributed by atoms with Gasteiger partial charge in [0.15, 0.2) is 6.04 Å². The van der Waals surface area contributed by atoms with E-state index in [1.165, 1.54) is 48.5 Å². The van der Waals surface area contributed by atoms with Gasteiger partial charge >= 0.3 is 6.18 Å². The molecule has 0 radical (unpaired) electrons. The Hall–Kier alpha value is -2.50. The molecule has 0 saturated heterocycles. The first-order chi connectivity index (χ1) is 9.93. The zero-order valence-corrected chi connectivity index (χ0v) is 10.9. The Bertz CT molecular complexity index is 614. The van der Waals surface area contributed by atoms with Crippen LogP contribution in [-0.2, 0) is 4.79 Å². The maximum absolute atomic E-state index is 13.4. The Labute approximate surface area is 119 Å². The van der Waals surface area contributed by atoms with Crippen LogP contribution in [0.2, 0.25) is 0 Å². The van der Waals surface area contributed by atoms with E-state index >= 15 is 0 Å². The highest BCUT2D eigenvalue weighted by Gasteiger charge is 2.45. The smallest absolute Gasteiger partial charge is 0.399 e. The molecule has 3 nitrogen and oxygen atoms in total. The molecule has 0 aromatic heterocycles. The lowest BCUT2D eigenvalue weighted by molar-refractivity contribution is -0.153. The molecule has 0 aliphatic carbocycles. The number of carbonyl (C=O) groups excluding carboxylic acids is 1. The summed E-state index contributed by atoms with van der Waals surface area (Å²) in [6.45, 7) is 0. The normalized spacial score (nSPS) is 12.7. The van der Waals surface area contributed by atoms with E-state index in [1.54, 1.807) is 6.07 Å². The SMILES string of the molecule is Nc1cccc(N(C=O)C(c2ccccc2)C(F)(F)F)c1. The minimum Gasteiger partial charge on any atom is -0.399 e. The van der Waals surface area contributed by atoms with Gasteiger partial charge in [-0.05, 0) is 23.8 Å². The molecular weight excluding hydrogens is 281 g/mol. The summed E-state index contributed by atoms with van der Waals surface area (Å²) in [6.07, 6.45) is -4.44. The maximum atomic E-state index is 13.4. The zero-order chi connectivity index (χ0) is 15.5. The minimum absolute atomic E-state index is 0.0143. The fourth-order valence-electron chi connectivity index (χ4n) is 2.10. The van der Waals surface area contributed by atoms with Crippen LogP contribution >= 0.6 is 0 Å². The van der Waals surface area contributed by atoms with Gasteiger partial charge in [-0.15, -0.1) is 0 Å². The largest absolute Gasteiger partial charge is 0.413 e. The van der Waals surface area contributed by atoms with E-state index < -0.39 is 12.2 Å². The van der Waals surface area contributed by atoms with Gasteiger partial charge in [-0.1, -0.05) is 36.4 Å². The summed E-state index contributed by atoms with van der Waals surface area (Å²) in [6, 6.07) is 11.0. The van der Waals surface area contributed by atoms with E-state index in [4.69, 9.17) is 5.73 Å². The molecule has 1 atom stereocenters. The third-order valence-corrected chi connectivity index (χ3v) is 2.99. The zero-order valence-electron chi connectivity index (χ0n) is 10.9. The molecule has 0 fully saturated rings. The summed E-state index contributed by atoms with van der Waals surface area (Å²) < 4.78 is 40.2. The van der Waals surface area contributed by atoms with Crippen LogP contribution in [-0.4, -0.2) is 12.6 Å². The molecule has 2 aromatic carbocycles. The number of carbonyl (C=O) groups is 1. The predicted molar refractivity (Wildman–Crippen MR) is 74.6 cm³/mol. The van der Waals surface area contributed by atoms with E-state index in [2.05, 4.69) is 0 Å². The molecular formula is C15H13F3N2O. The fraction of sp³-hybridized carbons (Fsp3) is 0.133. The lowest BCUT2D eigenvalue weighted by atomic mass is 10.0. The quantitative estimate of drug-likeness (QED) is 0.692. The monoisotopic (exact) mass is 294 g/mol. The Morgan fingerprint density at radius 2 is 1.71 bits per heavy atom. The van der Waals surface area contributed by atoms with E-state index in [0.29, 0.717) is 4.90 Å². The second-order valence-electron chi connectivity index (χ2n) is 4.46. The van der Waals surface area contributed by atoms with Gasteiger partial charge in [-0.25, -0.2) is 0 Å². The second kappa shape index (κ2) is 5.87. The third kappa shape index (κ3) is 3.34. The lowest BCUT2D eigenvalue weighted by Crippen LogP contribution is -2.37. The van der Waals surface area contributed by atoms with E-state index in [9.17, 15) is 18.0 Å². The molecule has 21 heavy (non-hydrogen) atoms. The van der Waals surface area contributed by atoms with Gasteiger partial charge in [-0.2, -0.15) is 13.2 Å². The first-order valence-electron chi connectivity index (χ1n) is 6.14. The van der Waals surface area contributed by atoms with Gasteiger partial charge in [-0.3, -0.25) is 9.69 Å². The van der Waals surface area contributed by atoms with Crippen LogP contribution in [0.25, 0.3) is 0 Å². The van der Waals surface area contributed by atoms with Gasteiger partial charge in [0.1, 0.15) is 0 Å². The van der Waals surface area contributed by atoms with E-state index in [0.717, 1.165) is 0 Å². The van der Waals surface area contributed by atoms with Crippen molar-refractivity contribution in [3.8, 4) is 0 Å².